The fraction of sp³-hybridized carbons (Fsp3) is 0.333. The van der Waals surface area contributed by atoms with Gasteiger partial charge < -0.3 is 14.8 Å². The minimum Gasteiger partial charge on any atom is -0.382 e. The molecule has 1 saturated heterocycles. The number of nitrogens with one attached hydrogen (secondary N) is 1. The fourth-order valence-electron chi connectivity index (χ4n) is 3.75. The van der Waals surface area contributed by atoms with Gasteiger partial charge in [0.15, 0.2) is 0 Å². The summed E-state index contributed by atoms with van der Waals surface area (Å²) < 4.78 is 24.2. The molecule has 7 nitrogen and oxygen atoms in total. The molecule has 173 valence electrons. The Morgan fingerprint density at radius 1 is 1.24 bits per heavy atom. The summed E-state index contributed by atoms with van der Waals surface area (Å²) in [6.45, 7) is 4.83. The third-order valence-electron chi connectivity index (χ3n) is 5.50. The number of carbonyl (C=O) groups excluding carboxylic acids is 1. The van der Waals surface area contributed by atoms with E-state index in [0.29, 0.717) is 12.2 Å². The summed E-state index contributed by atoms with van der Waals surface area (Å²) in [5, 5.41) is 8.60. The van der Waals surface area contributed by atoms with Gasteiger partial charge in [-0.25, -0.2) is 4.39 Å². The number of hydrogen-bond donors (Lipinski definition) is 1. The molecule has 0 atom stereocenters. The van der Waals surface area contributed by atoms with Crippen LogP contribution < -0.4 is 10.3 Å². The van der Waals surface area contributed by atoms with Crippen molar-refractivity contribution in [3.63, 3.8) is 0 Å². The summed E-state index contributed by atoms with van der Waals surface area (Å²) >= 11 is 6.11. The molecule has 2 aromatic rings. The predicted octanol–water partition coefficient (Wildman–Crippen LogP) is 3.21. The van der Waals surface area contributed by atoms with E-state index in [1.807, 2.05) is 12.1 Å². The largest absolute Gasteiger partial charge is 0.382 e. The van der Waals surface area contributed by atoms with Crippen molar-refractivity contribution in [2.75, 3.05) is 45.0 Å². The van der Waals surface area contributed by atoms with Crippen molar-refractivity contribution >= 4 is 29.4 Å². The first-order chi connectivity index (χ1) is 16.1. The highest BCUT2D eigenvalue weighted by Gasteiger charge is 2.29. The molecule has 9 heteroatoms. The van der Waals surface area contributed by atoms with E-state index in [1.54, 1.807) is 7.11 Å². The number of anilines is 1. The molecule has 33 heavy (non-hydrogen) atoms. The van der Waals surface area contributed by atoms with Crippen LogP contribution in [0.15, 0.2) is 58.8 Å². The van der Waals surface area contributed by atoms with E-state index in [4.69, 9.17) is 21.1 Å². The van der Waals surface area contributed by atoms with E-state index >= 15 is 0 Å². The van der Waals surface area contributed by atoms with Crippen LogP contribution >= 0.6 is 11.6 Å². The van der Waals surface area contributed by atoms with Gasteiger partial charge in [0.25, 0.3) is 5.91 Å². The number of hydrazone groups is 1. The molecule has 4 rings (SSSR count). The lowest BCUT2D eigenvalue weighted by Gasteiger charge is -2.27. The van der Waals surface area contributed by atoms with Crippen molar-refractivity contribution < 1.29 is 18.7 Å². The fourth-order valence-corrected chi connectivity index (χ4v) is 4.00. The summed E-state index contributed by atoms with van der Waals surface area (Å²) in [4.78, 5) is 15.4. The lowest BCUT2D eigenvalue weighted by Crippen LogP contribution is -2.36. The first-order valence-corrected chi connectivity index (χ1v) is 11.0. The second-order valence-corrected chi connectivity index (χ2v) is 8.13. The molecular weight excluding hydrogens is 447 g/mol. The first kappa shape index (κ1) is 23.4. The standard InChI is InChI=1S/C24H25ClFN4O3/c1-32-16-22(20-14-28-30(24(20)31)23-7-6-19(26)12-21(23)25)27-13-17-4-2-3-5-18(17)15-29-8-10-33-11-9-29/h2-7,12,27H,8-11,13,15-16H2,1H3. The molecule has 1 radical (unpaired) electrons. The van der Waals surface area contributed by atoms with Gasteiger partial charge in [0.05, 0.1) is 41.8 Å². The molecule has 1 amide bonds. The van der Waals surface area contributed by atoms with E-state index in [2.05, 4.69) is 33.7 Å². The Morgan fingerprint density at radius 2 is 2.00 bits per heavy atom. The maximum absolute atomic E-state index is 13.4. The topological polar surface area (TPSA) is 66.4 Å². The minimum absolute atomic E-state index is 0.0911. The van der Waals surface area contributed by atoms with Gasteiger partial charge in [-0.1, -0.05) is 35.9 Å². The number of carbonyl (C=O) groups is 1. The average molecular weight is 472 g/mol. The number of halogens is 2. The molecule has 0 bridgehead atoms. The second-order valence-electron chi connectivity index (χ2n) is 7.72. The van der Waals surface area contributed by atoms with Crippen LogP contribution in [0, 0.1) is 5.82 Å². The zero-order valence-electron chi connectivity index (χ0n) is 18.3. The number of methoxy groups -OCH3 is 1. The molecule has 0 saturated carbocycles. The number of morpholine rings is 1. The summed E-state index contributed by atoms with van der Waals surface area (Å²) in [6.07, 6.45) is 2.76. The Kier molecular flexibility index (Phi) is 7.72. The smallest absolute Gasteiger partial charge is 0.282 e. The van der Waals surface area contributed by atoms with E-state index < -0.39 is 11.7 Å². The molecule has 2 aliphatic heterocycles. The number of benzene rings is 2. The molecule has 2 aromatic carbocycles. The van der Waals surface area contributed by atoms with Crippen LogP contribution in [0.5, 0.6) is 0 Å². The summed E-state index contributed by atoms with van der Waals surface area (Å²) in [5.74, 6) is -0.902. The van der Waals surface area contributed by atoms with Gasteiger partial charge in [0.2, 0.25) is 0 Å². The quantitative estimate of drug-likeness (QED) is 0.599. The Labute approximate surface area is 197 Å². The normalized spacial score (nSPS) is 18.2. The van der Waals surface area contributed by atoms with Crippen molar-refractivity contribution in [2.24, 2.45) is 5.10 Å². The molecule has 0 spiro atoms. The lowest BCUT2D eigenvalue weighted by atomic mass is 10.1. The van der Waals surface area contributed by atoms with Crippen LogP contribution in [0.3, 0.4) is 0 Å². The van der Waals surface area contributed by atoms with E-state index in [-0.39, 0.29) is 22.9 Å². The van der Waals surface area contributed by atoms with Gasteiger partial charge in [-0.2, -0.15) is 10.1 Å². The van der Waals surface area contributed by atoms with Crippen molar-refractivity contribution in [3.8, 4) is 0 Å². The Hall–Kier alpha value is -2.78. The van der Waals surface area contributed by atoms with Gasteiger partial charge >= 0.3 is 0 Å². The van der Waals surface area contributed by atoms with Gasteiger partial charge in [0.1, 0.15) is 12.0 Å². The second kappa shape index (κ2) is 10.9. The van der Waals surface area contributed by atoms with Crippen LogP contribution in [0.1, 0.15) is 11.1 Å². The molecular formula is C24H25ClFN4O3. The monoisotopic (exact) mass is 471 g/mol. The Morgan fingerprint density at radius 3 is 2.73 bits per heavy atom. The molecule has 2 aliphatic rings. The SMILES string of the molecule is COCC(NCc1ccccc1CN1CCOCC1)=C1[C]=NN(c2ccc(F)cc2Cl)C1=O. The van der Waals surface area contributed by atoms with Crippen molar-refractivity contribution in [3.05, 3.63) is 75.7 Å². The predicted molar refractivity (Wildman–Crippen MR) is 125 cm³/mol. The third-order valence-corrected chi connectivity index (χ3v) is 5.81. The van der Waals surface area contributed by atoms with Gasteiger partial charge in [-0.15, -0.1) is 0 Å². The molecule has 0 unspecified atom stereocenters. The molecule has 0 aromatic heterocycles. The zero-order chi connectivity index (χ0) is 23.2. The van der Waals surface area contributed by atoms with Crippen molar-refractivity contribution in [2.45, 2.75) is 13.1 Å². The molecule has 1 fully saturated rings. The highest BCUT2D eigenvalue weighted by molar-refractivity contribution is 6.35. The highest BCUT2D eigenvalue weighted by Crippen LogP contribution is 2.30. The van der Waals surface area contributed by atoms with Crippen LogP contribution in [0.4, 0.5) is 10.1 Å². The maximum atomic E-state index is 13.4. The van der Waals surface area contributed by atoms with Crippen LogP contribution in [0.25, 0.3) is 0 Å². The zero-order valence-corrected chi connectivity index (χ0v) is 19.1. The number of ether oxygens (including phenoxy) is 2. The van der Waals surface area contributed by atoms with Crippen molar-refractivity contribution in [1.82, 2.24) is 10.2 Å². The lowest BCUT2D eigenvalue weighted by molar-refractivity contribution is -0.114. The van der Waals surface area contributed by atoms with E-state index in [0.717, 1.165) is 49.5 Å². The third kappa shape index (κ3) is 5.59. The minimum atomic E-state index is -0.489. The molecule has 2 heterocycles. The molecule has 1 N–H and O–H groups in total. The number of rotatable bonds is 8. The van der Waals surface area contributed by atoms with E-state index in [1.165, 1.54) is 17.7 Å². The van der Waals surface area contributed by atoms with Gasteiger partial charge in [-0.05, 0) is 29.3 Å². The van der Waals surface area contributed by atoms with Crippen LogP contribution in [-0.4, -0.2) is 57.0 Å². The maximum Gasteiger partial charge on any atom is 0.282 e. The Balaban J connectivity index is 1.51. The molecule has 0 aliphatic carbocycles. The first-order valence-electron chi connectivity index (χ1n) is 10.7. The van der Waals surface area contributed by atoms with Crippen LogP contribution in [-0.2, 0) is 27.4 Å². The highest BCUT2D eigenvalue weighted by atomic mass is 35.5. The summed E-state index contributed by atoms with van der Waals surface area (Å²) in [7, 11) is 1.56. The van der Waals surface area contributed by atoms with Gasteiger partial charge in [0, 0.05) is 33.3 Å². The summed E-state index contributed by atoms with van der Waals surface area (Å²) in [5.41, 5.74) is 3.44. The summed E-state index contributed by atoms with van der Waals surface area (Å²) in [6, 6.07) is 12.0. The number of hydrogen-bond acceptors (Lipinski definition) is 6. The Bertz CT molecular complexity index is 1070. The number of amides is 1. The van der Waals surface area contributed by atoms with E-state index in [9.17, 15) is 9.18 Å². The van der Waals surface area contributed by atoms with Crippen LogP contribution in [0.2, 0.25) is 5.02 Å². The van der Waals surface area contributed by atoms with Crippen molar-refractivity contribution in [1.29, 1.82) is 0 Å². The van der Waals surface area contributed by atoms with Gasteiger partial charge in [-0.3, -0.25) is 9.69 Å². The average Bonchev–Trinajstić information content (AvgIpc) is 3.19. The number of nitrogens with zero attached hydrogens (tertiary/aromatic N) is 3.